The Morgan fingerprint density at radius 1 is 1.27 bits per heavy atom. The molecule has 62 valence electrons. The molecular weight excluding hydrogens is 155 g/mol. The Morgan fingerprint density at radius 3 is 2.18 bits per heavy atom. The van der Waals surface area contributed by atoms with Gasteiger partial charge in [0.25, 0.3) is 0 Å². The summed E-state index contributed by atoms with van der Waals surface area (Å²) in [5.74, 6) is -0.925. The van der Waals surface area contributed by atoms with E-state index >= 15 is 0 Å². The van der Waals surface area contributed by atoms with E-state index in [0.29, 0.717) is 0 Å². The van der Waals surface area contributed by atoms with Gasteiger partial charge in [-0.25, -0.2) is 0 Å². The number of rotatable bonds is 5. The van der Waals surface area contributed by atoms with Gasteiger partial charge in [0.2, 0.25) is 0 Å². The fourth-order valence-electron chi connectivity index (χ4n) is 0.696. The van der Waals surface area contributed by atoms with E-state index in [9.17, 15) is 9.90 Å². The molecule has 0 heterocycles. The first kappa shape index (κ1) is 17.5. The van der Waals surface area contributed by atoms with Crippen LogP contribution in [-0.2, 0) is 4.79 Å². The van der Waals surface area contributed by atoms with Gasteiger partial charge in [-0.3, -0.25) is 0 Å². The van der Waals surface area contributed by atoms with Crippen molar-refractivity contribution in [2.75, 3.05) is 0 Å². The summed E-state index contributed by atoms with van der Waals surface area (Å²) in [5, 5.41) is 9.85. The van der Waals surface area contributed by atoms with Crippen LogP contribution in [0.5, 0.6) is 0 Å². The third kappa shape index (κ3) is 17.9. The first-order valence-corrected chi connectivity index (χ1v) is 3.47. The average Bonchev–Trinajstić information content (AvgIpc) is 1.80. The van der Waals surface area contributed by atoms with Gasteiger partial charge < -0.3 is 15.4 Å². The summed E-state index contributed by atoms with van der Waals surface area (Å²) in [6, 6.07) is 0. The maximum atomic E-state index is 9.85. The summed E-state index contributed by atoms with van der Waals surface area (Å²) in [6.45, 7) is 2.10. The van der Waals surface area contributed by atoms with Crippen molar-refractivity contribution in [1.29, 1.82) is 0 Å². The SMILES string of the molecule is CCCCCCC(=O)[O-].O.[Na+]. The third-order valence-electron chi connectivity index (χ3n) is 1.23. The summed E-state index contributed by atoms with van der Waals surface area (Å²) >= 11 is 0. The summed E-state index contributed by atoms with van der Waals surface area (Å²) in [4.78, 5) is 9.85. The summed E-state index contributed by atoms with van der Waals surface area (Å²) < 4.78 is 0. The minimum absolute atomic E-state index is 0. The smallest absolute Gasteiger partial charge is 0.550 e. The van der Waals surface area contributed by atoms with Crippen molar-refractivity contribution in [3.8, 4) is 0 Å². The number of carboxylic acid groups (broad SMARTS) is 1. The van der Waals surface area contributed by atoms with Crippen molar-refractivity contribution in [3.63, 3.8) is 0 Å². The van der Waals surface area contributed by atoms with E-state index in [0.717, 1.165) is 25.7 Å². The van der Waals surface area contributed by atoms with E-state index in [1.807, 2.05) is 0 Å². The van der Waals surface area contributed by atoms with E-state index in [1.54, 1.807) is 0 Å². The molecule has 0 rings (SSSR count). The van der Waals surface area contributed by atoms with Gasteiger partial charge in [-0.15, -0.1) is 0 Å². The Kier molecular flexibility index (Phi) is 20.8. The van der Waals surface area contributed by atoms with Gasteiger partial charge in [-0.2, -0.15) is 0 Å². The predicted molar refractivity (Wildman–Crippen MR) is 37.4 cm³/mol. The number of carbonyl (C=O) groups excluding carboxylic acids is 1. The van der Waals surface area contributed by atoms with Crippen LogP contribution in [0.15, 0.2) is 0 Å². The molecule has 0 aromatic rings. The molecule has 0 saturated heterocycles. The first-order chi connectivity index (χ1) is 4.27. The van der Waals surface area contributed by atoms with Crippen molar-refractivity contribution in [1.82, 2.24) is 0 Å². The molecule has 4 heteroatoms. The van der Waals surface area contributed by atoms with Crippen molar-refractivity contribution < 1.29 is 44.9 Å². The molecule has 0 aromatic carbocycles. The van der Waals surface area contributed by atoms with Crippen molar-refractivity contribution in [2.24, 2.45) is 0 Å². The molecule has 0 bridgehead atoms. The second-order valence-corrected chi connectivity index (χ2v) is 2.18. The minimum atomic E-state index is -0.925. The van der Waals surface area contributed by atoms with E-state index in [-0.39, 0.29) is 41.5 Å². The quantitative estimate of drug-likeness (QED) is 0.323. The average molecular weight is 170 g/mol. The molecule has 0 aliphatic carbocycles. The standard InChI is InChI=1S/C7H14O2.Na.H2O/c1-2-3-4-5-6-7(8)9;;/h2-6H2,1H3,(H,8,9);;1H2/q;+1;/p-1. The molecule has 0 aliphatic heterocycles. The molecule has 0 fully saturated rings. The van der Waals surface area contributed by atoms with Gasteiger partial charge in [0.1, 0.15) is 0 Å². The maximum Gasteiger partial charge on any atom is 1.00 e. The second-order valence-electron chi connectivity index (χ2n) is 2.18. The van der Waals surface area contributed by atoms with Gasteiger partial charge in [-0.1, -0.05) is 26.2 Å². The molecule has 0 radical (unpaired) electrons. The van der Waals surface area contributed by atoms with Gasteiger partial charge in [0.05, 0.1) is 0 Å². The largest absolute Gasteiger partial charge is 1.00 e. The molecule has 3 nitrogen and oxygen atoms in total. The zero-order valence-electron chi connectivity index (χ0n) is 7.35. The van der Waals surface area contributed by atoms with Crippen LogP contribution < -0.4 is 34.7 Å². The van der Waals surface area contributed by atoms with E-state index in [4.69, 9.17) is 0 Å². The van der Waals surface area contributed by atoms with Crippen LogP contribution in [0.25, 0.3) is 0 Å². The Balaban J connectivity index is -0.000000320. The van der Waals surface area contributed by atoms with Crippen LogP contribution >= 0.6 is 0 Å². The minimum Gasteiger partial charge on any atom is -0.550 e. The van der Waals surface area contributed by atoms with E-state index in [2.05, 4.69) is 6.92 Å². The third-order valence-corrected chi connectivity index (χ3v) is 1.23. The van der Waals surface area contributed by atoms with Crippen LogP contribution in [0.4, 0.5) is 0 Å². The molecular formula is C7H15NaO3. The summed E-state index contributed by atoms with van der Waals surface area (Å²) in [7, 11) is 0. The Morgan fingerprint density at radius 2 is 1.82 bits per heavy atom. The number of aliphatic carboxylic acids is 1. The van der Waals surface area contributed by atoms with Crippen molar-refractivity contribution >= 4 is 5.97 Å². The fourth-order valence-corrected chi connectivity index (χ4v) is 0.696. The molecule has 0 atom stereocenters. The summed E-state index contributed by atoms with van der Waals surface area (Å²) in [6.07, 6.45) is 4.29. The van der Waals surface area contributed by atoms with E-state index in [1.165, 1.54) is 0 Å². The molecule has 0 unspecified atom stereocenters. The van der Waals surface area contributed by atoms with Gasteiger partial charge in [-0.05, 0) is 12.8 Å². The van der Waals surface area contributed by atoms with E-state index < -0.39 is 5.97 Å². The molecule has 0 spiro atoms. The normalized spacial score (nSPS) is 7.73. The first-order valence-electron chi connectivity index (χ1n) is 3.47. The zero-order chi connectivity index (χ0) is 7.11. The Hall–Kier alpha value is 0.430. The molecule has 0 aromatic heterocycles. The maximum absolute atomic E-state index is 9.85. The van der Waals surface area contributed by atoms with Crippen LogP contribution in [0, 0.1) is 0 Å². The fraction of sp³-hybridized carbons (Fsp3) is 0.857. The van der Waals surface area contributed by atoms with Crippen LogP contribution in [-0.4, -0.2) is 11.4 Å². The zero-order valence-corrected chi connectivity index (χ0v) is 9.35. The number of unbranched alkanes of at least 4 members (excludes halogenated alkanes) is 3. The molecule has 0 aliphatic rings. The van der Waals surface area contributed by atoms with Crippen molar-refractivity contribution in [2.45, 2.75) is 39.0 Å². The van der Waals surface area contributed by atoms with Crippen LogP contribution in [0.1, 0.15) is 39.0 Å². The number of carbonyl (C=O) groups is 1. The van der Waals surface area contributed by atoms with Gasteiger partial charge in [0.15, 0.2) is 0 Å². The predicted octanol–water partition coefficient (Wildman–Crippen LogP) is -3.11. The molecule has 2 N–H and O–H groups in total. The topological polar surface area (TPSA) is 71.6 Å². The van der Waals surface area contributed by atoms with Gasteiger partial charge >= 0.3 is 29.6 Å². The Labute approximate surface area is 89.8 Å². The monoisotopic (exact) mass is 170 g/mol. The van der Waals surface area contributed by atoms with Gasteiger partial charge in [0, 0.05) is 5.97 Å². The molecule has 0 amide bonds. The second kappa shape index (κ2) is 13.1. The van der Waals surface area contributed by atoms with Crippen LogP contribution in [0.2, 0.25) is 0 Å². The molecule has 0 saturated carbocycles. The van der Waals surface area contributed by atoms with Crippen molar-refractivity contribution in [3.05, 3.63) is 0 Å². The molecule has 11 heavy (non-hydrogen) atoms. The summed E-state index contributed by atoms with van der Waals surface area (Å²) in [5.41, 5.74) is 0. The Bertz CT molecular complexity index is 85.8. The van der Waals surface area contributed by atoms with Crippen LogP contribution in [0.3, 0.4) is 0 Å². The number of hydrogen-bond donors (Lipinski definition) is 0. The number of hydrogen-bond acceptors (Lipinski definition) is 2. The number of carboxylic acids is 1.